The van der Waals surface area contributed by atoms with Gasteiger partial charge in [0.05, 0.1) is 0 Å². The highest BCUT2D eigenvalue weighted by Gasteiger charge is 2.17. The molecule has 0 saturated carbocycles. The first kappa shape index (κ1) is 8.38. The van der Waals surface area contributed by atoms with E-state index in [9.17, 15) is 0 Å². The van der Waals surface area contributed by atoms with Crippen molar-refractivity contribution < 1.29 is 0 Å². The van der Waals surface area contributed by atoms with Crippen LogP contribution in [0.15, 0.2) is 6.07 Å². The molecule has 0 saturated heterocycles. The fraction of sp³-hybridized carbons (Fsp3) is 0.600. The first-order chi connectivity index (χ1) is 4.91. The van der Waals surface area contributed by atoms with Gasteiger partial charge in [0.25, 0.3) is 0 Å². The van der Waals surface area contributed by atoms with Crippen molar-refractivity contribution in [1.29, 1.82) is 0 Å². The lowest BCUT2D eigenvalue weighted by atomic mass is 9.87. The van der Waals surface area contributed by atoms with Crippen molar-refractivity contribution in [3.05, 3.63) is 23.0 Å². The van der Waals surface area contributed by atoms with Gasteiger partial charge in [-0.2, -0.15) is 0 Å². The Bertz CT molecular complexity index is 250. The van der Waals surface area contributed by atoms with Gasteiger partial charge in [-0.3, -0.25) is 0 Å². The maximum Gasteiger partial charge on any atom is 0.0155 e. The van der Waals surface area contributed by atoms with Gasteiger partial charge in [-0.25, -0.2) is 0 Å². The van der Waals surface area contributed by atoms with E-state index in [2.05, 4.69) is 45.7 Å². The zero-order valence-electron chi connectivity index (χ0n) is 8.08. The van der Waals surface area contributed by atoms with Crippen LogP contribution >= 0.6 is 0 Å². The lowest BCUT2D eigenvalue weighted by Crippen LogP contribution is -2.11. The van der Waals surface area contributed by atoms with Crippen LogP contribution in [0, 0.1) is 13.8 Å². The molecule has 1 rings (SSSR count). The third-order valence-corrected chi connectivity index (χ3v) is 1.96. The number of aromatic nitrogens is 1. The van der Waals surface area contributed by atoms with Crippen LogP contribution in [0.1, 0.15) is 37.7 Å². The molecule has 1 heteroatoms. The molecule has 62 valence electrons. The minimum atomic E-state index is 0.273. The van der Waals surface area contributed by atoms with E-state index in [0.717, 1.165) is 0 Å². The molecule has 0 aromatic carbocycles. The molecule has 0 aliphatic heterocycles. The number of aromatic amines is 1. The molecule has 0 spiro atoms. The maximum absolute atomic E-state index is 3.31. The minimum Gasteiger partial charge on any atom is -0.362 e. The second-order valence-corrected chi connectivity index (χ2v) is 4.24. The summed E-state index contributed by atoms with van der Waals surface area (Å²) in [6, 6.07) is 2.23. The molecule has 0 radical (unpaired) electrons. The molecule has 1 N–H and O–H groups in total. The number of nitrogens with one attached hydrogen (secondary N) is 1. The summed E-state index contributed by atoms with van der Waals surface area (Å²) < 4.78 is 0. The summed E-state index contributed by atoms with van der Waals surface area (Å²) in [7, 11) is 0. The molecule has 1 heterocycles. The monoisotopic (exact) mass is 151 g/mol. The Morgan fingerprint density at radius 2 is 1.73 bits per heavy atom. The molecule has 0 atom stereocenters. The van der Waals surface area contributed by atoms with Crippen molar-refractivity contribution >= 4 is 0 Å². The summed E-state index contributed by atoms with van der Waals surface area (Å²) in [6.07, 6.45) is 0. The van der Waals surface area contributed by atoms with Crippen LogP contribution in [0.3, 0.4) is 0 Å². The van der Waals surface area contributed by atoms with Gasteiger partial charge >= 0.3 is 0 Å². The summed E-state index contributed by atoms with van der Waals surface area (Å²) in [6.45, 7) is 10.9. The Kier molecular flexibility index (Phi) is 1.83. The van der Waals surface area contributed by atoms with Crippen LogP contribution < -0.4 is 0 Å². The Hall–Kier alpha value is -0.720. The highest BCUT2D eigenvalue weighted by molar-refractivity contribution is 5.30. The van der Waals surface area contributed by atoms with Gasteiger partial charge in [0.2, 0.25) is 0 Å². The Balaban J connectivity index is 3.13. The maximum atomic E-state index is 3.31. The van der Waals surface area contributed by atoms with Crippen molar-refractivity contribution in [3.63, 3.8) is 0 Å². The first-order valence-corrected chi connectivity index (χ1v) is 4.08. The summed E-state index contributed by atoms with van der Waals surface area (Å²) >= 11 is 0. The van der Waals surface area contributed by atoms with Crippen LogP contribution in [0.25, 0.3) is 0 Å². The predicted molar refractivity (Wildman–Crippen MR) is 49.0 cm³/mol. The topological polar surface area (TPSA) is 15.8 Å². The predicted octanol–water partition coefficient (Wildman–Crippen LogP) is 2.93. The van der Waals surface area contributed by atoms with Crippen molar-refractivity contribution in [1.82, 2.24) is 4.98 Å². The fourth-order valence-electron chi connectivity index (χ4n) is 1.50. The standard InChI is InChI=1S/C10H17N/c1-7-6-9(8(2)11-7)10(3,4)5/h6,11H,1-5H3. The molecule has 0 aliphatic carbocycles. The van der Waals surface area contributed by atoms with Gasteiger partial charge in [0.1, 0.15) is 0 Å². The van der Waals surface area contributed by atoms with Crippen molar-refractivity contribution in [2.75, 3.05) is 0 Å². The number of aryl methyl sites for hydroxylation is 2. The lowest BCUT2D eigenvalue weighted by Gasteiger charge is -2.17. The van der Waals surface area contributed by atoms with Gasteiger partial charge in [-0.15, -0.1) is 0 Å². The summed E-state index contributed by atoms with van der Waals surface area (Å²) in [5.41, 5.74) is 4.26. The lowest BCUT2D eigenvalue weighted by molar-refractivity contribution is 0.586. The summed E-state index contributed by atoms with van der Waals surface area (Å²) in [4.78, 5) is 3.31. The van der Waals surface area contributed by atoms with E-state index in [-0.39, 0.29) is 5.41 Å². The van der Waals surface area contributed by atoms with E-state index in [0.29, 0.717) is 0 Å². The van der Waals surface area contributed by atoms with Crippen molar-refractivity contribution in [2.45, 2.75) is 40.0 Å². The van der Waals surface area contributed by atoms with Gasteiger partial charge in [-0.05, 0) is 30.9 Å². The molecule has 0 unspecified atom stereocenters. The number of H-pyrrole nitrogens is 1. The summed E-state index contributed by atoms with van der Waals surface area (Å²) in [5.74, 6) is 0. The largest absolute Gasteiger partial charge is 0.362 e. The quantitative estimate of drug-likeness (QED) is 0.586. The average Bonchev–Trinajstić information content (AvgIpc) is 2.08. The molecule has 0 bridgehead atoms. The van der Waals surface area contributed by atoms with Crippen LogP contribution in [-0.4, -0.2) is 4.98 Å². The smallest absolute Gasteiger partial charge is 0.0155 e. The third-order valence-electron chi connectivity index (χ3n) is 1.96. The fourth-order valence-corrected chi connectivity index (χ4v) is 1.50. The van der Waals surface area contributed by atoms with Gasteiger partial charge in [0.15, 0.2) is 0 Å². The van der Waals surface area contributed by atoms with Gasteiger partial charge < -0.3 is 4.98 Å². The molecule has 1 aromatic rings. The Labute approximate surface area is 68.8 Å². The zero-order chi connectivity index (χ0) is 8.65. The van der Waals surface area contributed by atoms with E-state index >= 15 is 0 Å². The first-order valence-electron chi connectivity index (χ1n) is 4.08. The van der Waals surface area contributed by atoms with E-state index in [1.54, 1.807) is 0 Å². The van der Waals surface area contributed by atoms with E-state index < -0.39 is 0 Å². The molecule has 11 heavy (non-hydrogen) atoms. The number of hydrogen-bond donors (Lipinski definition) is 1. The van der Waals surface area contributed by atoms with Crippen molar-refractivity contribution in [3.8, 4) is 0 Å². The zero-order valence-corrected chi connectivity index (χ0v) is 8.08. The highest BCUT2D eigenvalue weighted by Crippen LogP contribution is 2.25. The van der Waals surface area contributed by atoms with Crippen LogP contribution in [0.5, 0.6) is 0 Å². The molecule has 1 nitrogen and oxygen atoms in total. The van der Waals surface area contributed by atoms with Crippen LogP contribution in [0.2, 0.25) is 0 Å². The van der Waals surface area contributed by atoms with Crippen LogP contribution in [-0.2, 0) is 5.41 Å². The average molecular weight is 151 g/mol. The second-order valence-electron chi connectivity index (χ2n) is 4.24. The van der Waals surface area contributed by atoms with Crippen LogP contribution in [0.4, 0.5) is 0 Å². The minimum absolute atomic E-state index is 0.273. The van der Waals surface area contributed by atoms with Gasteiger partial charge in [0, 0.05) is 11.4 Å². The number of hydrogen-bond acceptors (Lipinski definition) is 0. The number of rotatable bonds is 0. The summed E-state index contributed by atoms with van der Waals surface area (Å²) in [5, 5.41) is 0. The van der Waals surface area contributed by atoms with E-state index in [4.69, 9.17) is 0 Å². The molecule has 1 aromatic heterocycles. The van der Waals surface area contributed by atoms with Crippen molar-refractivity contribution in [2.24, 2.45) is 0 Å². The molecule has 0 aliphatic rings. The highest BCUT2D eigenvalue weighted by atomic mass is 14.7. The molecular formula is C10H17N. The van der Waals surface area contributed by atoms with E-state index in [1.807, 2.05) is 0 Å². The molecule has 0 fully saturated rings. The Morgan fingerprint density at radius 3 is 1.91 bits per heavy atom. The molecular weight excluding hydrogens is 134 g/mol. The third kappa shape index (κ3) is 1.65. The SMILES string of the molecule is Cc1cc(C(C)(C)C)c(C)[nH]1. The Morgan fingerprint density at radius 1 is 1.18 bits per heavy atom. The normalized spacial score (nSPS) is 12.1. The van der Waals surface area contributed by atoms with Gasteiger partial charge in [-0.1, -0.05) is 20.8 Å². The molecule has 0 amide bonds. The van der Waals surface area contributed by atoms with E-state index in [1.165, 1.54) is 17.0 Å². The second kappa shape index (κ2) is 2.40.